The third-order valence-corrected chi connectivity index (χ3v) is 0.929. The quantitative estimate of drug-likeness (QED) is 0.619. The average molecular weight is 127 g/mol. The van der Waals surface area contributed by atoms with Gasteiger partial charge in [-0.1, -0.05) is 6.92 Å². The van der Waals surface area contributed by atoms with Gasteiger partial charge in [0.2, 0.25) is 0 Å². The van der Waals surface area contributed by atoms with Crippen molar-refractivity contribution in [2.24, 2.45) is 5.73 Å². The minimum Gasteiger partial charge on any atom is -0.469 e. The monoisotopic (exact) mass is 127 g/mol. The molecule has 0 saturated carbocycles. The maximum Gasteiger partial charge on any atom is 0.103 e. The molecular weight excluding hydrogens is 114 g/mol. The highest BCUT2D eigenvalue weighted by molar-refractivity contribution is 4.96. The minimum absolute atomic E-state index is 0.993. The Morgan fingerprint density at radius 2 is 2.22 bits per heavy atom. The number of rotatable bonds is 1. The number of nitrogens with two attached hydrogens (primary N) is 1. The van der Waals surface area contributed by atoms with Crippen molar-refractivity contribution in [3.63, 3.8) is 0 Å². The van der Waals surface area contributed by atoms with E-state index in [0.29, 0.717) is 0 Å². The zero-order chi connectivity index (χ0) is 7.11. The fourth-order valence-corrected chi connectivity index (χ4v) is 0.514. The van der Waals surface area contributed by atoms with Crippen LogP contribution in [-0.2, 0) is 6.42 Å². The van der Waals surface area contributed by atoms with Crippen LogP contribution in [0.15, 0.2) is 22.8 Å². The van der Waals surface area contributed by atoms with Gasteiger partial charge in [-0.15, -0.1) is 0 Å². The highest BCUT2D eigenvalue weighted by atomic mass is 16.3. The lowest BCUT2D eigenvalue weighted by molar-refractivity contribution is 0.516. The predicted molar refractivity (Wildman–Crippen MR) is 38.2 cm³/mol. The van der Waals surface area contributed by atoms with Gasteiger partial charge < -0.3 is 10.2 Å². The van der Waals surface area contributed by atoms with E-state index in [1.807, 2.05) is 12.1 Å². The predicted octanol–water partition coefficient (Wildman–Crippen LogP) is 1.42. The number of hydrogen-bond donors (Lipinski definition) is 1. The first-order valence-corrected chi connectivity index (χ1v) is 3.03. The maximum atomic E-state index is 4.98. The van der Waals surface area contributed by atoms with E-state index in [1.54, 1.807) is 6.26 Å². The van der Waals surface area contributed by atoms with Crippen LogP contribution in [0, 0.1) is 0 Å². The van der Waals surface area contributed by atoms with E-state index in [9.17, 15) is 0 Å². The summed E-state index contributed by atoms with van der Waals surface area (Å²) >= 11 is 0. The minimum atomic E-state index is 0.993. The highest BCUT2D eigenvalue weighted by Crippen LogP contribution is 1.98. The van der Waals surface area contributed by atoms with Gasteiger partial charge in [-0.05, 0) is 19.2 Å². The molecule has 1 rings (SSSR count). The summed E-state index contributed by atoms with van der Waals surface area (Å²) in [5.41, 5.74) is 4.50. The second kappa shape index (κ2) is 5.38. The van der Waals surface area contributed by atoms with Crippen LogP contribution in [-0.4, -0.2) is 7.05 Å². The summed E-state index contributed by atoms with van der Waals surface area (Å²) in [5, 5.41) is 0. The second-order valence-electron chi connectivity index (χ2n) is 1.43. The van der Waals surface area contributed by atoms with Crippen molar-refractivity contribution < 1.29 is 4.42 Å². The molecule has 0 unspecified atom stereocenters. The van der Waals surface area contributed by atoms with E-state index >= 15 is 0 Å². The van der Waals surface area contributed by atoms with E-state index in [-0.39, 0.29) is 0 Å². The number of aryl methyl sites for hydroxylation is 1. The third kappa shape index (κ3) is 2.93. The molecule has 0 aromatic carbocycles. The van der Waals surface area contributed by atoms with Crippen molar-refractivity contribution >= 4 is 0 Å². The lowest BCUT2D eigenvalue weighted by Crippen LogP contribution is -1.69. The second-order valence-corrected chi connectivity index (χ2v) is 1.43. The molecule has 0 fully saturated rings. The number of furan rings is 1. The molecule has 1 heterocycles. The standard InChI is InChI=1S/C6H8O.CH5N/c1-2-6-4-3-5-7-6;1-2/h3-5H,2H2,1H3;2H2,1H3. The van der Waals surface area contributed by atoms with Crippen molar-refractivity contribution in [2.45, 2.75) is 13.3 Å². The van der Waals surface area contributed by atoms with E-state index < -0.39 is 0 Å². The SMILES string of the molecule is CCc1ccco1.CN. The van der Waals surface area contributed by atoms with Crippen LogP contribution in [0.5, 0.6) is 0 Å². The van der Waals surface area contributed by atoms with Crippen molar-refractivity contribution in [3.8, 4) is 0 Å². The smallest absolute Gasteiger partial charge is 0.103 e. The topological polar surface area (TPSA) is 39.2 Å². The Morgan fingerprint density at radius 3 is 2.44 bits per heavy atom. The fourth-order valence-electron chi connectivity index (χ4n) is 0.514. The molecule has 52 valence electrons. The van der Waals surface area contributed by atoms with E-state index in [1.165, 1.54) is 7.05 Å². The molecule has 0 amide bonds. The molecule has 2 N–H and O–H groups in total. The van der Waals surface area contributed by atoms with Crippen molar-refractivity contribution in [1.29, 1.82) is 0 Å². The molecule has 1 aromatic rings. The first-order chi connectivity index (χ1) is 4.43. The molecule has 0 spiro atoms. The van der Waals surface area contributed by atoms with Crippen LogP contribution in [0.4, 0.5) is 0 Å². The normalized spacial score (nSPS) is 7.89. The van der Waals surface area contributed by atoms with Crippen LogP contribution in [0.3, 0.4) is 0 Å². The molecule has 0 saturated heterocycles. The summed E-state index contributed by atoms with van der Waals surface area (Å²) in [5.74, 6) is 1.06. The molecule has 0 aliphatic rings. The Hall–Kier alpha value is -0.760. The average Bonchev–Trinajstić information content (AvgIpc) is 2.43. The highest BCUT2D eigenvalue weighted by Gasteiger charge is 1.84. The molecule has 0 bridgehead atoms. The molecule has 0 aliphatic carbocycles. The zero-order valence-electron chi connectivity index (χ0n) is 5.92. The Kier molecular flexibility index (Phi) is 4.92. The van der Waals surface area contributed by atoms with E-state index in [2.05, 4.69) is 12.7 Å². The molecule has 0 atom stereocenters. The molecule has 2 nitrogen and oxygen atoms in total. The first kappa shape index (κ1) is 8.24. The van der Waals surface area contributed by atoms with Gasteiger partial charge in [0.15, 0.2) is 0 Å². The van der Waals surface area contributed by atoms with Gasteiger partial charge in [0, 0.05) is 6.42 Å². The van der Waals surface area contributed by atoms with Crippen LogP contribution in [0.1, 0.15) is 12.7 Å². The van der Waals surface area contributed by atoms with Crippen LogP contribution in [0.25, 0.3) is 0 Å². The lowest BCUT2D eigenvalue weighted by Gasteiger charge is -1.79. The van der Waals surface area contributed by atoms with Crippen molar-refractivity contribution in [1.82, 2.24) is 0 Å². The van der Waals surface area contributed by atoms with Gasteiger partial charge in [0.05, 0.1) is 6.26 Å². The summed E-state index contributed by atoms with van der Waals surface area (Å²) in [7, 11) is 1.50. The largest absolute Gasteiger partial charge is 0.469 e. The molecule has 9 heavy (non-hydrogen) atoms. The van der Waals surface area contributed by atoms with E-state index in [0.717, 1.165) is 12.2 Å². The summed E-state index contributed by atoms with van der Waals surface area (Å²) in [4.78, 5) is 0. The fraction of sp³-hybridized carbons (Fsp3) is 0.429. The van der Waals surface area contributed by atoms with Crippen LogP contribution < -0.4 is 5.73 Å². The van der Waals surface area contributed by atoms with Gasteiger partial charge in [0.1, 0.15) is 5.76 Å². The van der Waals surface area contributed by atoms with Gasteiger partial charge in [-0.3, -0.25) is 0 Å². The summed E-state index contributed by atoms with van der Waals surface area (Å²) in [6.45, 7) is 2.07. The Labute approximate surface area is 55.7 Å². The van der Waals surface area contributed by atoms with Gasteiger partial charge in [0.25, 0.3) is 0 Å². The van der Waals surface area contributed by atoms with E-state index in [4.69, 9.17) is 4.42 Å². The Bertz CT molecular complexity index is 123. The summed E-state index contributed by atoms with van der Waals surface area (Å²) in [6.07, 6.45) is 2.69. The molecule has 2 heteroatoms. The molecule has 0 radical (unpaired) electrons. The maximum absolute atomic E-state index is 4.98. The van der Waals surface area contributed by atoms with Crippen LogP contribution >= 0.6 is 0 Å². The summed E-state index contributed by atoms with van der Waals surface area (Å²) < 4.78 is 4.98. The van der Waals surface area contributed by atoms with Gasteiger partial charge >= 0.3 is 0 Å². The lowest BCUT2D eigenvalue weighted by atomic mass is 10.4. The molecular formula is C7H13NO. The summed E-state index contributed by atoms with van der Waals surface area (Å²) in [6, 6.07) is 3.87. The van der Waals surface area contributed by atoms with Gasteiger partial charge in [-0.25, -0.2) is 0 Å². The molecule has 0 aliphatic heterocycles. The zero-order valence-corrected chi connectivity index (χ0v) is 5.92. The molecule has 1 aromatic heterocycles. The van der Waals surface area contributed by atoms with Crippen LogP contribution in [0.2, 0.25) is 0 Å². The Morgan fingerprint density at radius 1 is 1.56 bits per heavy atom. The number of hydrogen-bond acceptors (Lipinski definition) is 2. The van der Waals surface area contributed by atoms with Crippen molar-refractivity contribution in [2.75, 3.05) is 7.05 Å². The first-order valence-electron chi connectivity index (χ1n) is 3.03. The third-order valence-electron chi connectivity index (χ3n) is 0.929. The van der Waals surface area contributed by atoms with Crippen molar-refractivity contribution in [3.05, 3.63) is 24.2 Å². The Balaban J connectivity index is 0.000000291. The van der Waals surface area contributed by atoms with Gasteiger partial charge in [-0.2, -0.15) is 0 Å².